The number of carbonyl (C=O) groups is 1. The van der Waals surface area contributed by atoms with Gasteiger partial charge in [-0.3, -0.25) is 9.48 Å². The summed E-state index contributed by atoms with van der Waals surface area (Å²) in [6.07, 6.45) is 7.45. The molecule has 1 N–H and O–H groups in total. The third-order valence-corrected chi connectivity index (χ3v) is 4.43. The van der Waals surface area contributed by atoms with Crippen molar-refractivity contribution in [3.8, 4) is 11.3 Å². The second-order valence-electron chi connectivity index (χ2n) is 6.22. The zero-order chi connectivity index (χ0) is 17.4. The van der Waals surface area contributed by atoms with E-state index < -0.39 is 0 Å². The second-order valence-corrected chi connectivity index (χ2v) is 6.22. The molecule has 0 saturated heterocycles. The van der Waals surface area contributed by atoms with Gasteiger partial charge in [-0.2, -0.15) is 5.10 Å². The van der Waals surface area contributed by atoms with Gasteiger partial charge in [-0.05, 0) is 12.8 Å². The number of nitrogens with zero attached hydrogens (tertiary/aromatic N) is 5. The largest absolute Gasteiger partial charge is 0.361 e. The van der Waals surface area contributed by atoms with Crippen LogP contribution in [0.4, 0.5) is 5.82 Å². The van der Waals surface area contributed by atoms with Crippen molar-refractivity contribution in [3.63, 3.8) is 0 Å². The Balaban J connectivity index is 1.72. The van der Waals surface area contributed by atoms with Gasteiger partial charge in [0.05, 0.1) is 6.20 Å². The van der Waals surface area contributed by atoms with E-state index in [0.29, 0.717) is 18.0 Å². The maximum Gasteiger partial charge on any atom is 0.279 e. The SMILES string of the molecule is CCc1cc(C(=O)Nc2c(-c3cnn(C)c3)nc3n2CCCC3)no1. The molecule has 4 heterocycles. The molecule has 0 fully saturated rings. The number of rotatable bonds is 4. The van der Waals surface area contributed by atoms with Crippen molar-refractivity contribution < 1.29 is 9.32 Å². The summed E-state index contributed by atoms with van der Waals surface area (Å²) in [6.45, 7) is 2.80. The lowest BCUT2D eigenvalue weighted by Gasteiger charge is -2.16. The van der Waals surface area contributed by atoms with Crippen LogP contribution in [0.5, 0.6) is 0 Å². The summed E-state index contributed by atoms with van der Waals surface area (Å²) < 4.78 is 8.95. The standard InChI is InChI=1S/C17H20N6O2/c1-3-12-8-13(21-25-12)17(24)20-16-15(11-9-18-22(2)10-11)19-14-6-4-5-7-23(14)16/h8-10H,3-7H2,1-2H3,(H,20,24). The summed E-state index contributed by atoms with van der Waals surface area (Å²) in [5.74, 6) is 2.10. The molecule has 1 aliphatic rings. The van der Waals surface area contributed by atoms with Crippen LogP contribution in [0.15, 0.2) is 23.0 Å². The summed E-state index contributed by atoms with van der Waals surface area (Å²) in [5.41, 5.74) is 1.91. The molecule has 0 saturated carbocycles. The number of anilines is 1. The molecule has 0 radical (unpaired) electrons. The zero-order valence-electron chi connectivity index (χ0n) is 14.3. The Morgan fingerprint density at radius 3 is 3.00 bits per heavy atom. The first-order valence-corrected chi connectivity index (χ1v) is 8.51. The molecule has 0 unspecified atom stereocenters. The van der Waals surface area contributed by atoms with E-state index in [1.807, 2.05) is 20.2 Å². The Morgan fingerprint density at radius 2 is 2.28 bits per heavy atom. The van der Waals surface area contributed by atoms with E-state index in [0.717, 1.165) is 42.9 Å². The molecule has 1 aliphatic heterocycles. The Labute approximate surface area is 144 Å². The highest BCUT2D eigenvalue weighted by Crippen LogP contribution is 2.31. The lowest BCUT2D eigenvalue weighted by Crippen LogP contribution is -2.18. The summed E-state index contributed by atoms with van der Waals surface area (Å²) in [6, 6.07) is 1.67. The molecule has 4 rings (SSSR count). The predicted molar refractivity (Wildman–Crippen MR) is 91.2 cm³/mol. The smallest absolute Gasteiger partial charge is 0.279 e. The molecule has 0 atom stereocenters. The zero-order valence-corrected chi connectivity index (χ0v) is 14.3. The molecule has 0 aliphatic carbocycles. The summed E-state index contributed by atoms with van der Waals surface area (Å²) in [4.78, 5) is 17.4. The Bertz CT molecular complexity index is 920. The summed E-state index contributed by atoms with van der Waals surface area (Å²) in [7, 11) is 1.86. The van der Waals surface area contributed by atoms with Gasteiger partial charge >= 0.3 is 0 Å². The maximum absolute atomic E-state index is 12.6. The van der Waals surface area contributed by atoms with Gasteiger partial charge in [0.2, 0.25) is 0 Å². The van der Waals surface area contributed by atoms with Crippen LogP contribution in [0.1, 0.15) is 41.8 Å². The number of hydrogen-bond donors (Lipinski definition) is 1. The highest BCUT2D eigenvalue weighted by molar-refractivity contribution is 6.04. The van der Waals surface area contributed by atoms with Crippen molar-refractivity contribution in [2.24, 2.45) is 7.05 Å². The third kappa shape index (κ3) is 2.84. The molecule has 0 aromatic carbocycles. The van der Waals surface area contributed by atoms with Crippen LogP contribution in [0.2, 0.25) is 0 Å². The van der Waals surface area contributed by atoms with Gasteiger partial charge in [-0.15, -0.1) is 0 Å². The van der Waals surface area contributed by atoms with Gasteiger partial charge in [0.25, 0.3) is 5.91 Å². The van der Waals surface area contributed by atoms with E-state index in [2.05, 4.69) is 20.1 Å². The van der Waals surface area contributed by atoms with E-state index in [1.165, 1.54) is 0 Å². The molecule has 3 aromatic heterocycles. The first kappa shape index (κ1) is 15.6. The number of imidazole rings is 1. The average molecular weight is 340 g/mol. The molecule has 0 bridgehead atoms. The molecule has 0 spiro atoms. The van der Waals surface area contributed by atoms with Gasteiger partial charge in [0, 0.05) is 44.3 Å². The van der Waals surface area contributed by atoms with Gasteiger partial charge in [-0.25, -0.2) is 4.98 Å². The molecular weight excluding hydrogens is 320 g/mol. The van der Waals surface area contributed by atoms with E-state index >= 15 is 0 Å². The Hall–Kier alpha value is -2.90. The number of nitrogens with one attached hydrogen (secondary N) is 1. The Morgan fingerprint density at radius 1 is 1.40 bits per heavy atom. The minimum atomic E-state index is -0.290. The van der Waals surface area contributed by atoms with Crippen molar-refractivity contribution in [3.05, 3.63) is 35.7 Å². The number of carbonyl (C=O) groups excluding carboxylic acids is 1. The van der Waals surface area contributed by atoms with Crippen LogP contribution in [0.25, 0.3) is 11.3 Å². The summed E-state index contributed by atoms with van der Waals surface area (Å²) in [5, 5.41) is 11.1. The number of amides is 1. The molecule has 8 nitrogen and oxygen atoms in total. The van der Waals surface area contributed by atoms with Crippen molar-refractivity contribution >= 4 is 11.7 Å². The fourth-order valence-corrected chi connectivity index (χ4v) is 3.11. The van der Waals surface area contributed by atoms with Crippen molar-refractivity contribution in [1.29, 1.82) is 0 Å². The van der Waals surface area contributed by atoms with Crippen molar-refractivity contribution in [1.82, 2.24) is 24.5 Å². The van der Waals surface area contributed by atoms with Gasteiger partial charge in [-0.1, -0.05) is 12.1 Å². The van der Waals surface area contributed by atoms with E-state index in [9.17, 15) is 4.79 Å². The van der Waals surface area contributed by atoms with E-state index in [4.69, 9.17) is 9.51 Å². The fourth-order valence-electron chi connectivity index (χ4n) is 3.11. The van der Waals surface area contributed by atoms with Crippen LogP contribution in [0, 0.1) is 0 Å². The van der Waals surface area contributed by atoms with Gasteiger partial charge in [0.15, 0.2) is 5.69 Å². The predicted octanol–water partition coefficient (Wildman–Crippen LogP) is 2.42. The van der Waals surface area contributed by atoms with Crippen LogP contribution in [-0.2, 0) is 26.4 Å². The molecule has 25 heavy (non-hydrogen) atoms. The maximum atomic E-state index is 12.6. The monoisotopic (exact) mass is 340 g/mol. The quantitative estimate of drug-likeness (QED) is 0.787. The molecule has 8 heteroatoms. The van der Waals surface area contributed by atoms with Gasteiger partial charge in [0.1, 0.15) is 23.1 Å². The fraction of sp³-hybridized carbons (Fsp3) is 0.412. The van der Waals surface area contributed by atoms with Crippen LogP contribution in [0.3, 0.4) is 0 Å². The lowest BCUT2D eigenvalue weighted by atomic mass is 10.2. The highest BCUT2D eigenvalue weighted by Gasteiger charge is 2.24. The normalized spacial score (nSPS) is 13.7. The van der Waals surface area contributed by atoms with Crippen LogP contribution < -0.4 is 5.32 Å². The highest BCUT2D eigenvalue weighted by atomic mass is 16.5. The lowest BCUT2D eigenvalue weighted by molar-refractivity contribution is 0.101. The average Bonchev–Trinajstić information content (AvgIpc) is 3.33. The van der Waals surface area contributed by atoms with Crippen LogP contribution in [-0.4, -0.2) is 30.4 Å². The second kappa shape index (κ2) is 6.19. The minimum Gasteiger partial charge on any atom is -0.361 e. The molecule has 130 valence electrons. The van der Waals surface area contributed by atoms with Crippen molar-refractivity contribution in [2.45, 2.75) is 39.2 Å². The topological polar surface area (TPSA) is 90.8 Å². The number of aryl methyl sites for hydroxylation is 3. The van der Waals surface area contributed by atoms with E-state index in [-0.39, 0.29) is 11.6 Å². The third-order valence-electron chi connectivity index (χ3n) is 4.43. The number of aromatic nitrogens is 5. The molecular formula is C17H20N6O2. The summed E-state index contributed by atoms with van der Waals surface area (Å²) >= 11 is 0. The van der Waals surface area contributed by atoms with Gasteiger partial charge < -0.3 is 14.4 Å². The Kier molecular flexibility index (Phi) is 3.87. The number of hydrogen-bond acceptors (Lipinski definition) is 5. The van der Waals surface area contributed by atoms with Crippen LogP contribution >= 0.6 is 0 Å². The minimum absolute atomic E-state index is 0.278. The first-order chi connectivity index (χ1) is 12.2. The van der Waals surface area contributed by atoms with Crippen molar-refractivity contribution in [2.75, 3.05) is 5.32 Å². The number of fused-ring (bicyclic) bond motifs is 1. The van der Waals surface area contributed by atoms with E-state index in [1.54, 1.807) is 16.9 Å². The first-order valence-electron chi connectivity index (χ1n) is 8.51. The molecule has 1 amide bonds. The molecule has 3 aromatic rings.